The summed E-state index contributed by atoms with van der Waals surface area (Å²) in [7, 11) is 0. The molecule has 0 aromatic heterocycles. The van der Waals surface area contributed by atoms with Gasteiger partial charge in [-0.1, -0.05) is 103 Å². The van der Waals surface area contributed by atoms with Gasteiger partial charge in [-0.15, -0.1) is 11.8 Å². The molecule has 0 amide bonds. The first-order valence-corrected chi connectivity index (χ1v) is 12.0. The highest BCUT2D eigenvalue weighted by Gasteiger charge is 2.38. The van der Waals surface area contributed by atoms with Gasteiger partial charge in [0.2, 0.25) is 0 Å². The standard InChI is InChI=1S/C28H24N2O4S/c31-27(32)25(29-24-18-10-11-19-26(24)30(33)34)20-35-28(21-12-4-1-5-13-21,22-14-6-2-7-15-22)23-16-8-3-9-17-23/h1-19,25,29H,20H2,(H,31,32). The Labute approximate surface area is 207 Å². The number of thioether (sulfide) groups is 1. The van der Waals surface area contributed by atoms with E-state index >= 15 is 0 Å². The summed E-state index contributed by atoms with van der Waals surface area (Å²) in [5.41, 5.74) is 3.05. The summed E-state index contributed by atoms with van der Waals surface area (Å²) >= 11 is 1.49. The molecule has 176 valence electrons. The first-order valence-electron chi connectivity index (χ1n) is 11.1. The molecular weight excluding hydrogens is 460 g/mol. The van der Waals surface area contributed by atoms with E-state index in [4.69, 9.17) is 0 Å². The van der Waals surface area contributed by atoms with E-state index in [9.17, 15) is 20.0 Å². The van der Waals surface area contributed by atoms with Crippen molar-refractivity contribution >= 4 is 29.1 Å². The number of carboxylic acids is 1. The van der Waals surface area contributed by atoms with E-state index in [0.29, 0.717) is 0 Å². The highest BCUT2D eigenvalue weighted by molar-refractivity contribution is 8.00. The molecule has 0 heterocycles. The van der Waals surface area contributed by atoms with Crippen LogP contribution in [0.3, 0.4) is 0 Å². The van der Waals surface area contributed by atoms with Gasteiger partial charge in [-0.3, -0.25) is 10.1 Å². The third-order valence-electron chi connectivity index (χ3n) is 5.74. The van der Waals surface area contributed by atoms with Gasteiger partial charge in [0.05, 0.1) is 9.67 Å². The molecule has 0 aliphatic rings. The molecule has 0 aliphatic heterocycles. The van der Waals surface area contributed by atoms with Crippen molar-refractivity contribution < 1.29 is 14.8 Å². The second-order valence-corrected chi connectivity index (χ2v) is 9.13. The molecule has 0 bridgehead atoms. The summed E-state index contributed by atoms with van der Waals surface area (Å²) in [6, 6.07) is 34.9. The molecule has 0 fully saturated rings. The SMILES string of the molecule is O=C(O)C(CSC(c1ccccc1)(c1ccccc1)c1ccccc1)Nc1ccccc1[N+](=O)[O-]. The molecule has 0 saturated heterocycles. The Hall–Kier alpha value is -4.10. The second kappa shape index (κ2) is 10.9. The Morgan fingerprint density at radius 2 is 1.23 bits per heavy atom. The Bertz CT molecular complexity index is 1190. The molecule has 1 unspecified atom stereocenters. The second-order valence-electron chi connectivity index (χ2n) is 7.90. The Morgan fingerprint density at radius 3 is 1.66 bits per heavy atom. The number of hydrogen-bond donors (Lipinski definition) is 2. The summed E-state index contributed by atoms with van der Waals surface area (Å²) in [6.07, 6.45) is 0. The number of aliphatic carboxylic acids is 1. The van der Waals surface area contributed by atoms with Crippen LogP contribution in [0.15, 0.2) is 115 Å². The largest absolute Gasteiger partial charge is 0.480 e. The average molecular weight is 485 g/mol. The number of carboxylic acid groups (broad SMARTS) is 1. The number of carbonyl (C=O) groups is 1. The van der Waals surface area contributed by atoms with Gasteiger partial charge in [0.1, 0.15) is 11.7 Å². The van der Waals surface area contributed by atoms with Crippen molar-refractivity contribution in [2.75, 3.05) is 11.1 Å². The fraction of sp³-hybridized carbons (Fsp3) is 0.107. The molecule has 4 aromatic rings. The van der Waals surface area contributed by atoms with Crippen LogP contribution in [-0.2, 0) is 9.54 Å². The summed E-state index contributed by atoms with van der Waals surface area (Å²) < 4.78 is -0.693. The van der Waals surface area contributed by atoms with Crippen molar-refractivity contribution in [3.8, 4) is 0 Å². The molecule has 0 saturated carbocycles. The van der Waals surface area contributed by atoms with E-state index in [1.807, 2.05) is 91.0 Å². The van der Waals surface area contributed by atoms with Gasteiger partial charge >= 0.3 is 5.97 Å². The average Bonchev–Trinajstić information content (AvgIpc) is 2.90. The maximum atomic E-state index is 12.3. The smallest absolute Gasteiger partial charge is 0.326 e. The molecule has 0 radical (unpaired) electrons. The normalized spacial score (nSPS) is 12.0. The van der Waals surface area contributed by atoms with Crippen LogP contribution in [0.2, 0.25) is 0 Å². The molecule has 35 heavy (non-hydrogen) atoms. The van der Waals surface area contributed by atoms with Gasteiger partial charge in [0.25, 0.3) is 5.69 Å². The Balaban J connectivity index is 1.77. The zero-order valence-corrected chi connectivity index (χ0v) is 19.6. The molecule has 2 N–H and O–H groups in total. The van der Waals surface area contributed by atoms with Crippen molar-refractivity contribution in [1.29, 1.82) is 0 Å². The minimum atomic E-state index is -1.08. The molecule has 4 rings (SSSR count). The van der Waals surface area contributed by atoms with Gasteiger partial charge in [0.15, 0.2) is 0 Å². The van der Waals surface area contributed by atoms with Crippen LogP contribution in [0.1, 0.15) is 16.7 Å². The number of rotatable bonds is 10. The number of nitrogens with zero attached hydrogens (tertiary/aromatic N) is 1. The monoisotopic (exact) mass is 484 g/mol. The topological polar surface area (TPSA) is 92.5 Å². The van der Waals surface area contributed by atoms with Gasteiger partial charge in [-0.2, -0.15) is 0 Å². The number of hydrogen-bond acceptors (Lipinski definition) is 5. The predicted molar refractivity (Wildman–Crippen MR) is 140 cm³/mol. The van der Waals surface area contributed by atoms with E-state index in [1.165, 1.54) is 23.9 Å². The van der Waals surface area contributed by atoms with Crippen molar-refractivity contribution in [3.05, 3.63) is 142 Å². The van der Waals surface area contributed by atoms with E-state index < -0.39 is 21.7 Å². The minimum Gasteiger partial charge on any atom is -0.480 e. The van der Waals surface area contributed by atoms with Crippen molar-refractivity contribution in [1.82, 2.24) is 0 Å². The van der Waals surface area contributed by atoms with Crippen LogP contribution >= 0.6 is 11.8 Å². The van der Waals surface area contributed by atoms with E-state index in [1.54, 1.807) is 12.1 Å². The quantitative estimate of drug-likeness (QED) is 0.159. The highest BCUT2D eigenvalue weighted by Crippen LogP contribution is 2.48. The summed E-state index contributed by atoms with van der Waals surface area (Å²) in [5.74, 6) is -0.932. The Morgan fingerprint density at radius 1 is 0.800 bits per heavy atom. The van der Waals surface area contributed by atoms with E-state index in [0.717, 1.165) is 16.7 Å². The zero-order valence-electron chi connectivity index (χ0n) is 18.8. The molecule has 0 aliphatic carbocycles. The van der Waals surface area contributed by atoms with Crippen LogP contribution < -0.4 is 5.32 Å². The van der Waals surface area contributed by atoms with E-state index in [2.05, 4.69) is 5.32 Å². The minimum absolute atomic E-state index is 0.153. The number of nitro groups is 1. The Kier molecular flexibility index (Phi) is 7.48. The van der Waals surface area contributed by atoms with Crippen LogP contribution in [0.5, 0.6) is 0 Å². The lowest BCUT2D eigenvalue weighted by atomic mass is 9.84. The highest BCUT2D eigenvalue weighted by atomic mass is 32.2. The molecule has 7 heteroatoms. The first-order chi connectivity index (χ1) is 17.0. The van der Waals surface area contributed by atoms with Gasteiger partial charge in [-0.25, -0.2) is 4.79 Å². The van der Waals surface area contributed by atoms with Crippen molar-refractivity contribution in [2.24, 2.45) is 0 Å². The summed E-state index contributed by atoms with van der Waals surface area (Å²) in [4.78, 5) is 23.2. The van der Waals surface area contributed by atoms with Gasteiger partial charge in [0, 0.05) is 11.8 Å². The molecule has 4 aromatic carbocycles. The predicted octanol–water partition coefficient (Wildman–Crippen LogP) is 6.19. The van der Waals surface area contributed by atoms with Crippen molar-refractivity contribution in [2.45, 2.75) is 10.8 Å². The van der Waals surface area contributed by atoms with Gasteiger partial charge < -0.3 is 10.4 Å². The fourth-order valence-electron chi connectivity index (χ4n) is 4.09. The fourth-order valence-corrected chi connectivity index (χ4v) is 5.65. The zero-order chi connectivity index (χ0) is 24.7. The van der Waals surface area contributed by atoms with Gasteiger partial charge in [-0.05, 0) is 22.8 Å². The first kappa shape index (κ1) is 24.0. The number of anilines is 1. The number of nitrogens with one attached hydrogen (secondary N) is 1. The van der Waals surface area contributed by atoms with Crippen LogP contribution in [0.25, 0.3) is 0 Å². The van der Waals surface area contributed by atoms with Crippen LogP contribution in [0.4, 0.5) is 11.4 Å². The van der Waals surface area contributed by atoms with Crippen LogP contribution in [0, 0.1) is 10.1 Å². The molecule has 1 atom stereocenters. The molecule has 0 spiro atoms. The summed E-state index contributed by atoms with van der Waals surface area (Å²) in [6.45, 7) is 0. The third-order valence-corrected chi connectivity index (χ3v) is 7.38. The lowest BCUT2D eigenvalue weighted by molar-refractivity contribution is -0.384. The lowest BCUT2D eigenvalue weighted by Gasteiger charge is -2.36. The number of nitro benzene ring substituents is 1. The number of para-hydroxylation sites is 2. The van der Waals surface area contributed by atoms with Crippen LogP contribution in [-0.4, -0.2) is 27.8 Å². The maximum absolute atomic E-state index is 12.3. The third kappa shape index (κ3) is 5.20. The molecule has 6 nitrogen and oxygen atoms in total. The number of benzene rings is 4. The molecular formula is C28H24N2O4S. The summed E-state index contributed by atoms with van der Waals surface area (Å²) in [5, 5.41) is 24.4. The van der Waals surface area contributed by atoms with Crippen molar-refractivity contribution in [3.63, 3.8) is 0 Å². The lowest BCUT2D eigenvalue weighted by Crippen LogP contribution is -2.35. The van der Waals surface area contributed by atoms with E-state index in [-0.39, 0.29) is 17.1 Å². The maximum Gasteiger partial charge on any atom is 0.326 e.